The standard InChI is InChI=1S/C21H18O3S/c1-2-6-16-18(11-9-14-7-4-3-5-8-14)24-19-12-10-15(21(22)23)13-17(19)20(16)25/h3-5,7-13H,2,6H2,1H3,(H,22,23)/b11-9-. The van der Waals surface area contributed by atoms with Crippen molar-refractivity contribution in [3.63, 3.8) is 0 Å². The van der Waals surface area contributed by atoms with Crippen LogP contribution in [0, 0.1) is 4.51 Å². The highest BCUT2D eigenvalue weighted by molar-refractivity contribution is 7.71. The van der Waals surface area contributed by atoms with Gasteiger partial charge >= 0.3 is 5.97 Å². The van der Waals surface area contributed by atoms with Gasteiger partial charge in [0, 0.05) is 10.9 Å². The van der Waals surface area contributed by atoms with Crippen LogP contribution in [0.1, 0.15) is 40.6 Å². The summed E-state index contributed by atoms with van der Waals surface area (Å²) < 4.78 is 6.70. The van der Waals surface area contributed by atoms with Crippen molar-refractivity contribution in [1.29, 1.82) is 0 Å². The highest BCUT2D eigenvalue weighted by Crippen LogP contribution is 2.26. The van der Waals surface area contributed by atoms with Gasteiger partial charge in [-0.1, -0.05) is 62.0 Å². The van der Waals surface area contributed by atoms with Crippen molar-refractivity contribution in [2.75, 3.05) is 0 Å². The minimum atomic E-state index is -0.971. The van der Waals surface area contributed by atoms with Crippen molar-refractivity contribution in [1.82, 2.24) is 0 Å². The molecule has 0 radical (unpaired) electrons. The molecule has 0 fully saturated rings. The number of carboxylic acids is 1. The third-order valence-corrected chi connectivity index (χ3v) is 4.46. The summed E-state index contributed by atoms with van der Waals surface area (Å²) in [6.07, 6.45) is 5.63. The fourth-order valence-corrected chi connectivity index (χ4v) is 3.10. The fourth-order valence-electron chi connectivity index (χ4n) is 2.74. The molecule has 0 saturated heterocycles. The van der Waals surface area contributed by atoms with Gasteiger partial charge in [0.25, 0.3) is 0 Å². The van der Waals surface area contributed by atoms with E-state index in [1.54, 1.807) is 12.1 Å². The lowest BCUT2D eigenvalue weighted by Crippen LogP contribution is -1.97. The van der Waals surface area contributed by atoms with Crippen LogP contribution in [0.25, 0.3) is 23.1 Å². The van der Waals surface area contributed by atoms with Crippen molar-refractivity contribution in [2.45, 2.75) is 19.8 Å². The molecule has 25 heavy (non-hydrogen) atoms. The lowest BCUT2D eigenvalue weighted by atomic mass is 10.0. The zero-order valence-corrected chi connectivity index (χ0v) is 14.7. The van der Waals surface area contributed by atoms with Gasteiger partial charge in [-0.3, -0.25) is 0 Å². The molecule has 0 amide bonds. The topological polar surface area (TPSA) is 50.4 Å². The Morgan fingerprint density at radius 3 is 2.60 bits per heavy atom. The zero-order chi connectivity index (χ0) is 17.8. The van der Waals surface area contributed by atoms with Crippen LogP contribution in [0.4, 0.5) is 0 Å². The van der Waals surface area contributed by atoms with E-state index >= 15 is 0 Å². The largest absolute Gasteiger partial charge is 0.478 e. The molecule has 1 aromatic heterocycles. The first kappa shape index (κ1) is 17.1. The molecule has 0 atom stereocenters. The van der Waals surface area contributed by atoms with E-state index in [0.29, 0.717) is 15.5 Å². The predicted octanol–water partition coefficient (Wildman–Crippen LogP) is 5.98. The van der Waals surface area contributed by atoms with Gasteiger partial charge in [-0.25, -0.2) is 4.79 Å². The first-order valence-electron chi connectivity index (χ1n) is 8.16. The van der Waals surface area contributed by atoms with Crippen LogP contribution in [0.5, 0.6) is 0 Å². The van der Waals surface area contributed by atoms with Crippen LogP contribution >= 0.6 is 12.2 Å². The molecule has 126 valence electrons. The van der Waals surface area contributed by atoms with Crippen LogP contribution in [-0.2, 0) is 6.42 Å². The van der Waals surface area contributed by atoms with Gasteiger partial charge in [-0.05, 0) is 36.3 Å². The number of carbonyl (C=O) groups is 1. The van der Waals surface area contributed by atoms with Crippen molar-refractivity contribution in [3.05, 3.63) is 75.5 Å². The number of hydrogen-bond donors (Lipinski definition) is 1. The Balaban J connectivity index is 2.16. The van der Waals surface area contributed by atoms with Gasteiger partial charge in [-0.15, -0.1) is 0 Å². The average molecular weight is 350 g/mol. The molecule has 3 rings (SSSR count). The molecule has 1 N–H and O–H groups in total. The van der Waals surface area contributed by atoms with E-state index < -0.39 is 5.97 Å². The third kappa shape index (κ3) is 3.69. The van der Waals surface area contributed by atoms with Crippen LogP contribution in [0.3, 0.4) is 0 Å². The first-order chi connectivity index (χ1) is 12.1. The van der Waals surface area contributed by atoms with Gasteiger partial charge in [-0.2, -0.15) is 0 Å². The summed E-state index contributed by atoms with van der Waals surface area (Å²) in [5.41, 5.74) is 2.83. The van der Waals surface area contributed by atoms with Crippen LogP contribution in [0.2, 0.25) is 0 Å². The third-order valence-electron chi connectivity index (χ3n) is 3.99. The van der Waals surface area contributed by atoms with E-state index in [4.69, 9.17) is 16.6 Å². The Morgan fingerprint density at radius 2 is 1.92 bits per heavy atom. The highest BCUT2D eigenvalue weighted by Gasteiger charge is 2.12. The molecule has 3 aromatic rings. The molecule has 1 heterocycles. The van der Waals surface area contributed by atoms with Crippen LogP contribution in [-0.4, -0.2) is 11.1 Å². The lowest BCUT2D eigenvalue weighted by Gasteiger charge is -2.09. The molecular formula is C21H18O3S. The molecule has 2 aromatic carbocycles. The molecule has 0 spiro atoms. The number of carboxylic acid groups (broad SMARTS) is 1. The molecule has 0 aliphatic heterocycles. The summed E-state index contributed by atoms with van der Waals surface area (Å²) in [4.78, 5) is 11.2. The van der Waals surface area contributed by atoms with Gasteiger partial charge < -0.3 is 9.52 Å². The van der Waals surface area contributed by atoms with Gasteiger partial charge in [0.05, 0.1) is 10.1 Å². The number of hydrogen-bond acceptors (Lipinski definition) is 3. The van der Waals surface area contributed by atoms with Crippen LogP contribution < -0.4 is 0 Å². The molecule has 0 bridgehead atoms. The normalized spacial score (nSPS) is 11.2. The number of rotatable bonds is 5. The first-order valence-corrected chi connectivity index (χ1v) is 8.57. The Hall–Kier alpha value is -2.72. The smallest absolute Gasteiger partial charge is 0.335 e. The number of benzene rings is 2. The Bertz CT molecular complexity index is 1000. The van der Waals surface area contributed by atoms with Crippen molar-refractivity contribution >= 4 is 41.3 Å². The maximum Gasteiger partial charge on any atom is 0.335 e. The Morgan fingerprint density at radius 1 is 1.16 bits per heavy atom. The zero-order valence-electron chi connectivity index (χ0n) is 13.9. The monoisotopic (exact) mass is 350 g/mol. The van der Waals surface area contributed by atoms with E-state index in [1.807, 2.05) is 42.5 Å². The molecular weight excluding hydrogens is 332 g/mol. The van der Waals surface area contributed by atoms with E-state index in [-0.39, 0.29) is 5.56 Å². The maximum atomic E-state index is 11.2. The molecule has 0 saturated carbocycles. The van der Waals surface area contributed by atoms with Crippen molar-refractivity contribution in [3.8, 4) is 0 Å². The number of fused-ring (bicyclic) bond motifs is 1. The Kier molecular flexibility index (Phi) is 5.10. The minimum Gasteiger partial charge on any atom is -0.478 e. The van der Waals surface area contributed by atoms with Crippen LogP contribution in [0.15, 0.2) is 52.9 Å². The summed E-state index contributed by atoms with van der Waals surface area (Å²) in [5, 5.41) is 9.87. The highest BCUT2D eigenvalue weighted by atomic mass is 32.1. The molecule has 0 unspecified atom stereocenters. The summed E-state index contributed by atoms with van der Waals surface area (Å²) >= 11 is 5.64. The molecule has 4 heteroatoms. The van der Waals surface area contributed by atoms with Crippen molar-refractivity contribution < 1.29 is 14.3 Å². The predicted molar refractivity (Wildman–Crippen MR) is 103 cm³/mol. The Labute approximate surface area is 151 Å². The average Bonchev–Trinajstić information content (AvgIpc) is 2.63. The van der Waals surface area contributed by atoms with E-state index in [9.17, 15) is 9.90 Å². The van der Waals surface area contributed by atoms with Gasteiger partial charge in [0.2, 0.25) is 0 Å². The van der Waals surface area contributed by atoms with E-state index in [1.165, 1.54) is 6.07 Å². The molecule has 0 aliphatic rings. The second kappa shape index (κ2) is 7.45. The van der Waals surface area contributed by atoms with Gasteiger partial charge in [0.15, 0.2) is 0 Å². The summed E-state index contributed by atoms with van der Waals surface area (Å²) in [6.45, 7) is 2.08. The summed E-state index contributed by atoms with van der Waals surface area (Å²) in [7, 11) is 0. The lowest BCUT2D eigenvalue weighted by molar-refractivity contribution is 0.0697. The van der Waals surface area contributed by atoms with E-state index in [2.05, 4.69) is 6.92 Å². The fraction of sp³-hybridized carbons (Fsp3) is 0.143. The molecule has 3 nitrogen and oxygen atoms in total. The quantitative estimate of drug-likeness (QED) is 0.575. The molecule has 0 aliphatic carbocycles. The SMILES string of the molecule is CCCc1c(/C=C\c2ccccc2)oc2ccc(C(=O)O)cc2c1=S. The summed E-state index contributed by atoms with van der Waals surface area (Å²) in [6, 6.07) is 14.8. The maximum absolute atomic E-state index is 11.2. The second-order valence-electron chi connectivity index (χ2n) is 5.78. The number of aromatic carboxylic acids is 1. The van der Waals surface area contributed by atoms with Crippen molar-refractivity contribution in [2.24, 2.45) is 0 Å². The summed E-state index contributed by atoms with van der Waals surface area (Å²) in [5.74, 6) is -0.243. The van der Waals surface area contributed by atoms with Gasteiger partial charge in [0.1, 0.15) is 11.3 Å². The minimum absolute atomic E-state index is 0.212. The van der Waals surface area contributed by atoms with E-state index in [0.717, 1.165) is 29.7 Å². The second-order valence-corrected chi connectivity index (χ2v) is 6.19.